The Morgan fingerprint density at radius 3 is 1.91 bits per heavy atom. The van der Waals surface area contributed by atoms with Crippen LogP contribution >= 0.6 is 11.6 Å². The van der Waals surface area contributed by atoms with Gasteiger partial charge in [-0.3, -0.25) is 0 Å². The van der Waals surface area contributed by atoms with Crippen molar-refractivity contribution >= 4 is 11.6 Å². The van der Waals surface area contributed by atoms with E-state index in [-0.39, 0.29) is 36.7 Å². The fourth-order valence-electron chi connectivity index (χ4n) is 3.29. The number of rotatable bonds is 12. The van der Waals surface area contributed by atoms with Gasteiger partial charge in [-0.25, -0.2) is 9.07 Å². The summed E-state index contributed by atoms with van der Waals surface area (Å²) in [5.41, 5.74) is 2.18. The predicted molar refractivity (Wildman–Crippen MR) is 124 cm³/mol. The molecular formula is C24H29ClFN3O4. The van der Waals surface area contributed by atoms with Crippen molar-refractivity contribution < 1.29 is 24.1 Å². The quantitative estimate of drug-likeness (QED) is 0.389. The number of aromatic nitrogens is 3. The van der Waals surface area contributed by atoms with Crippen molar-refractivity contribution in [1.82, 2.24) is 15.0 Å². The standard InChI is InChI=1S/C24H29ClFN3O4/c1-24(2,17-3-7-22(8-4-17)32-15-20(30)11-25)18-5-9-23(10-6-18)33-16-21(31)14-29-13-19(12-26)27-28-29/h3-10,13,20-21,30-31H,11-12,14-16H2,1-2H3/t20-,21-/m0/s1/i26-1. The molecule has 0 saturated carbocycles. The van der Waals surface area contributed by atoms with Crippen molar-refractivity contribution in [3.8, 4) is 11.5 Å². The molecule has 33 heavy (non-hydrogen) atoms. The molecule has 1 heterocycles. The average molecular weight is 477 g/mol. The molecule has 2 atom stereocenters. The maximum absolute atomic E-state index is 12.5. The minimum absolute atomic E-state index is 0.0768. The number of hydrogen-bond acceptors (Lipinski definition) is 6. The second-order valence-corrected chi connectivity index (χ2v) is 8.63. The van der Waals surface area contributed by atoms with E-state index in [2.05, 4.69) is 24.2 Å². The molecule has 3 rings (SSSR count). The van der Waals surface area contributed by atoms with E-state index in [9.17, 15) is 14.6 Å². The van der Waals surface area contributed by atoms with Gasteiger partial charge in [0.1, 0.15) is 49.3 Å². The van der Waals surface area contributed by atoms with Gasteiger partial charge in [0.15, 0.2) is 0 Å². The molecule has 0 aliphatic rings. The molecule has 9 heteroatoms. The fourth-order valence-corrected chi connectivity index (χ4v) is 3.38. The highest BCUT2D eigenvalue weighted by Crippen LogP contribution is 2.33. The van der Waals surface area contributed by atoms with E-state index in [1.165, 1.54) is 10.9 Å². The maximum atomic E-state index is 12.5. The van der Waals surface area contributed by atoms with Crippen LogP contribution in [0, 0.1) is 0 Å². The number of nitrogens with zero attached hydrogens (tertiary/aromatic N) is 3. The number of hydrogen-bond donors (Lipinski definition) is 2. The second-order valence-electron chi connectivity index (χ2n) is 8.32. The highest BCUT2D eigenvalue weighted by Gasteiger charge is 2.23. The highest BCUT2D eigenvalue weighted by molar-refractivity contribution is 6.18. The minimum atomic E-state index is -0.804. The summed E-state index contributed by atoms with van der Waals surface area (Å²) in [6.45, 7) is 3.97. The van der Waals surface area contributed by atoms with Gasteiger partial charge in [-0.2, -0.15) is 0 Å². The molecule has 2 N–H and O–H groups in total. The largest absolute Gasteiger partial charge is 0.491 e. The van der Waals surface area contributed by atoms with Gasteiger partial charge in [0.25, 0.3) is 0 Å². The Balaban J connectivity index is 1.55. The number of aliphatic hydroxyl groups excluding tert-OH is 2. The van der Waals surface area contributed by atoms with Crippen molar-refractivity contribution in [2.24, 2.45) is 0 Å². The summed E-state index contributed by atoms with van der Waals surface area (Å²) in [6.07, 6.45) is -0.0369. The van der Waals surface area contributed by atoms with Gasteiger partial charge in [-0.1, -0.05) is 43.3 Å². The van der Waals surface area contributed by atoms with E-state index in [1.807, 2.05) is 48.5 Å². The predicted octanol–water partition coefficient (Wildman–Crippen LogP) is 3.49. The first kappa shape index (κ1) is 25.0. The summed E-state index contributed by atoms with van der Waals surface area (Å²) in [6, 6.07) is 15.5. The van der Waals surface area contributed by atoms with Crippen LogP contribution in [-0.4, -0.2) is 56.5 Å². The first-order valence-electron chi connectivity index (χ1n) is 10.7. The third-order valence-corrected chi connectivity index (χ3v) is 5.69. The lowest BCUT2D eigenvalue weighted by molar-refractivity contribution is 0.0888. The lowest BCUT2D eigenvalue weighted by Gasteiger charge is -2.26. The van der Waals surface area contributed by atoms with Gasteiger partial charge in [0, 0.05) is 5.41 Å². The number of benzene rings is 2. The van der Waals surface area contributed by atoms with Gasteiger partial charge in [0.05, 0.1) is 18.6 Å². The molecule has 3 aromatic rings. The van der Waals surface area contributed by atoms with Crippen LogP contribution in [0.2, 0.25) is 0 Å². The molecule has 0 amide bonds. The van der Waals surface area contributed by atoms with Gasteiger partial charge in [-0.15, -0.1) is 16.7 Å². The Bertz CT molecular complexity index is 996. The topological polar surface area (TPSA) is 89.6 Å². The van der Waals surface area contributed by atoms with Crippen molar-refractivity contribution in [1.29, 1.82) is 0 Å². The Morgan fingerprint density at radius 1 is 0.939 bits per heavy atom. The molecule has 0 aliphatic carbocycles. The number of aliphatic hydroxyl groups is 2. The lowest BCUT2D eigenvalue weighted by atomic mass is 9.78. The van der Waals surface area contributed by atoms with Gasteiger partial charge >= 0.3 is 0 Å². The summed E-state index contributed by atoms with van der Waals surface area (Å²) in [4.78, 5) is 0. The first-order chi connectivity index (χ1) is 15.8. The lowest BCUT2D eigenvalue weighted by Crippen LogP contribution is -2.24. The Morgan fingerprint density at radius 2 is 1.45 bits per heavy atom. The molecule has 0 bridgehead atoms. The molecule has 0 radical (unpaired) electrons. The van der Waals surface area contributed by atoms with Crippen LogP contribution in [0.4, 0.5) is 4.39 Å². The van der Waals surface area contributed by atoms with Gasteiger partial charge < -0.3 is 19.7 Å². The molecular weight excluding hydrogens is 448 g/mol. The van der Waals surface area contributed by atoms with E-state index in [4.69, 9.17) is 21.1 Å². The summed E-state index contributed by atoms with van der Waals surface area (Å²) in [7, 11) is 0. The molecule has 2 aromatic carbocycles. The second kappa shape index (κ2) is 11.4. The summed E-state index contributed by atoms with van der Waals surface area (Å²) in [5, 5.41) is 27.1. The summed E-state index contributed by atoms with van der Waals surface area (Å²) >= 11 is 5.59. The molecule has 178 valence electrons. The van der Waals surface area contributed by atoms with Crippen LogP contribution < -0.4 is 9.47 Å². The number of ether oxygens (including phenoxy) is 2. The van der Waals surface area contributed by atoms with Crippen molar-refractivity contribution in [2.45, 2.75) is 44.7 Å². The molecule has 0 aliphatic heterocycles. The molecule has 0 spiro atoms. The summed E-state index contributed by atoms with van der Waals surface area (Å²) < 4.78 is 25.2. The first-order valence-corrected chi connectivity index (χ1v) is 11.2. The fraction of sp³-hybridized carbons (Fsp3) is 0.417. The highest BCUT2D eigenvalue weighted by atomic mass is 35.5. The Labute approximate surface area is 197 Å². The van der Waals surface area contributed by atoms with E-state index in [0.717, 1.165) is 11.1 Å². The van der Waals surface area contributed by atoms with Crippen molar-refractivity contribution in [3.63, 3.8) is 0 Å². The van der Waals surface area contributed by atoms with E-state index < -0.39 is 18.9 Å². The SMILES string of the molecule is CC(C)(c1ccc(OC[C@@H](O)Cn2cc(C[18F])nn2)cc1)c1ccc(OC[C@@H](O)CCl)cc1. The van der Waals surface area contributed by atoms with Crippen LogP contribution in [0.15, 0.2) is 54.7 Å². The van der Waals surface area contributed by atoms with E-state index >= 15 is 0 Å². The Hall–Kier alpha value is -2.68. The minimum Gasteiger partial charge on any atom is -0.491 e. The zero-order chi connectivity index (χ0) is 23.8. The van der Waals surface area contributed by atoms with E-state index in [1.54, 1.807) is 0 Å². The molecule has 0 saturated heterocycles. The van der Waals surface area contributed by atoms with Crippen LogP contribution in [0.5, 0.6) is 11.5 Å². The zero-order valence-electron chi connectivity index (χ0n) is 18.7. The molecule has 0 unspecified atom stereocenters. The molecule has 1 aromatic heterocycles. The summed E-state index contributed by atoms with van der Waals surface area (Å²) in [5.74, 6) is 1.44. The monoisotopic (exact) mass is 476 g/mol. The Kier molecular flexibility index (Phi) is 8.66. The number of halogens is 2. The van der Waals surface area contributed by atoms with Crippen LogP contribution in [-0.2, 0) is 18.6 Å². The normalized spacial score (nSPS) is 13.5. The third-order valence-electron chi connectivity index (χ3n) is 5.34. The number of alkyl halides is 2. The third kappa shape index (κ3) is 6.90. The van der Waals surface area contributed by atoms with E-state index in [0.29, 0.717) is 11.5 Å². The van der Waals surface area contributed by atoms with Crippen LogP contribution in [0.1, 0.15) is 30.7 Å². The maximum Gasteiger partial charge on any atom is 0.135 e. The van der Waals surface area contributed by atoms with Gasteiger partial charge in [-0.05, 0) is 35.4 Å². The van der Waals surface area contributed by atoms with Crippen molar-refractivity contribution in [3.05, 3.63) is 71.5 Å². The average Bonchev–Trinajstić information content (AvgIpc) is 3.29. The van der Waals surface area contributed by atoms with Crippen LogP contribution in [0.25, 0.3) is 0 Å². The molecule has 7 nitrogen and oxygen atoms in total. The molecule has 0 fully saturated rings. The van der Waals surface area contributed by atoms with Gasteiger partial charge in [0.2, 0.25) is 0 Å². The smallest absolute Gasteiger partial charge is 0.135 e. The zero-order valence-corrected chi connectivity index (χ0v) is 19.5. The van der Waals surface area contributed by atoms with Crippen LogP contribution in [0.3, 0.4) is 0 Å². The van der Waals surface area contributed by atoms with Crippen molar-refractivity contribution in [2.75, 3.05) is 19.1 Å².